The minimum absolute atomic E-state index is 0.147. The van der Waals surface area contributed by atoms with Crippen LogP contribution in [0.25, 0.3) is 0 Å². The first-order valence-corrected chi connectivity index (χ1v) is 6.68. The van der Waals surface area contributed by atoms with E-state index in [1.807, 2.05) is 13.0 Å². The zero-order chi connectivity index (χ0) is 13.5. The van der Waals surface area contributed by atoms with Crippen molar-refractivity contribution in [3.63, 3.8) is 0 Å². The number of ether oxygens (including phenoxy) is 1. The highest BCUT2D eigenvalue weighted by Gasteiger charge is 2.09. The lowest BCUT2D eigenvalue weighted by atomic mass is 10.1. The lowest BCUT2D eigenvalue weighted by Crippen LogP contribution is -2.14. The fourth-order valence-electron chi connectivity index (χ4n) is 1.78. The van der Waals surface area contributed by atoms with Gasteiger partial charge < -0.3 is 10.1 Å². The van der Waals surface area contributed by atoms with Gasteiger partial charge in [-0.1, -0.05) is 13.8 Å². The van der Waals surface area contributed by atoms with Gasteiger partial charge in [0.05, 0.1) is 6.10 Å². The SMILES string of the molecule is CCNc1cc(CC(C)C)nc(CC(C)OC)n1. The Balaban J connectivity index is 2.90. The van der Waals surface area contributed by atoms with Crippen molar-refractivity contribution in [2.24, 2.45) is 5.92 Å². The largest absolute Gasteiger partial charge is 0.381 e. The summed E-state index contributed by atoms with van der Waals surface area (Å²) >= 11 is 0. The van der Waals surface area contributed by atoms with E-state index in [-0.39, 0.29) is 6.10 Å². The van der Waals surface area contributed by atoms with Crippen LogP contribution in [0, 0.1) is 5.92 Å². The van der Waals surface area contributed by atoms with E-state index in [9.17, 15) is 0 Å². The Kier molecular flexibility index (Phi) is 6.05. The van der Waals surface area contributed by atoms with Crippen LogP contribution in [0.5, 0.6) is 0 Å². The second kappa shape index (κ2) is 7.31. The predicted octanol–water partition coefficient (Wildman–Crippen LogP) is 2.68. The molecule has 0 aliphatic carbocycles. The van der Waals surface area contributed by atoms with Gasteiger partial charge in [0.15, 0.2) is 0 Å². The highest BCUT2D eigenvalue weighted by molar-refractivity contribution is 5.36. The maximum absolute atomic E-state index is 5.27. The molecule has 1 aromatic heterocycles. The summed E-state index contributed by atoms with van der Waals surface area (Å²) < 4.78 is 5.27. The van der Waals surface area contributed by atoms with Crippen LogP contribution in [0.1, 0.15) is 39.2 Å². The molecule has 0 aliphatic rings. The van der Waals surface area contributed by atoms with Gasteiger partial charge in [-0.05, 0) is 26.2 Å². The molecule has 0 bridgehead atoms. The lowest BCUT2D eigenvalue weighted by Gasteiger charge is -2.12. The van der Waals surface area contributed by atoms with Gasteiger partial charge in [0.25, 0.3) is 0 Å². The van der Waals surface area contributed by atoms with E-state index in [2.05, 4.69) is 36.1 Å². The predicted molar refractivity (Wildman–Crippen MR) is 74.9 cm³/mol. The minimum Gasteiger partial charge on any atom is -0.381 e. The van der Waals surface area contributed by atoms with E-state index in [1.165, 1.54) is 0 Å². The summed E-state index contributed by atoms with van der Waals surface area (Å²) in [6, 6.07) is 2.05. The molecule has 1 aromatic rings. The number of nitrogens with zero attached hydrogens (tertiary/aromatic N) is 2. The molecule has 1 unspecified atom stereocenters. The number of methoxy groups -OCH3 is 1. The highest BCUT2D eigenvalue weighted by atomic mass is 16.5. The van der Waals surface area contributed by atoms with Gasteiger partial charge in [0.1, 0.15) is 11.6 Å². The van der Waals surface area contributed by atoms with Gasteiger partial charge in [-0.25, -0.2) is 9.97 Å². The van der Waals surface area contributed by atoms with Crippen LogP contribution in [0.3, 0.4) is 0 Å². The van der Waals surface area contributed by atoms with Crippen molar-refractivity contribution in [3.05, 3.63) is 17.6 Å². The zero-order valence-corrected chi connectivity index (χ0v) is 12.2. The van der Waals surface area contributed by atoms with Crippen LogP contribution >= 0.6 is 0 Å². The maximum atomic E-state index is 5.27. The molecule has 1 N–H and O–H groups in total. The third-order valence-corrected chi connectivity index (χ3v) is 2.67. The molecule has 102 valence electrons. The maximum Gasteiger partial charge on any atom is 0.133 e. The number of anilines is 1. The molecule has 0 aromatic carbocycles. The Morgan fingerprint density at radius 2 is 1.94 bits per heavy atom. The molecular formula is C14H25N3O. The van der Waals surface area contributed by atoms with Crippen LogP contribution in [0.2, 0.25) is 0 Å². The quantitative estimate of drug-likeness (QED) is 0.809. The number of hydrogen-bond acceptors (Lipinski definition) is 4. The number of hydrogen-bond donors (Lipinski definition) is 1. The minimum atomic E-state index is 0.147. The van der Waals surface area contributed by atoms with Crippen molar-refractivity contribution in [1.82, 2.24) is 9.97 Å². The molecule has 1 rings (SSSR count). The Bertz CT molecular complexity index is 366. The van der Waals surface area contributed by atoms with Gasteiger partial charge in [0, 0.05) is 31.8 Å². The monoisotopic (exact) mass is 251 g/mol. The number of aromatic nitrogens is 2. The standard InChI is InChI=1S/C14H25N3O/c1-6-15-13-9-12(7-10(2)3)16-14(17-13)8-11(4)18-5/h9-11H,6-8H2,1-5H3,(H,15,16,17). The molecule has 0 aliphatic heterocycles. The van der Waals surface area contributed by atoms with E-state index in [0.29, 0.717) is 5.92 Å². The van der Waals surface area contributed by atoms with Crippen molar-refractivity contribution in [3.8, 4) is 0 Å². The second-order valence-electron chi connectivity index (χ2n) is 5.04. The number of nitrogens with one attached hydrogen (secondary N) is 1. The summed E-state index contributed by atoms with van der Waals surface area (Å²) in [6.07, 6.45) is 1.88. The van der Waals surface area contributed by atoms with Crippen LogP contribution in [-0.4, -0.2) is 29.7 Å². The van der Waals surface area contributed by atoms with Crippen LogP contribution in [-0.2, 0) is 17.6 Å². The zero-order valence-electron chi connectivity index (χ0n) is 12.2. The van der Waals surface area contributed by atoms with Gasteiger partial charge in [-0.2, -0.15) is 0 Å². The fourth-order valence-corrected chi connectivity index (χ4v) is 1.78. The molecule has 4 heteroatoms. The molecule has 0 spiro atoms. The Hall–Kier alpha value is -1.16. The highest BCUT2D eigenvalue weighted by Crippen LogP contribution is 2.12. The van der Waals surface area contributed by atoms with E-state index < -0.39 is 0 Å². The second-order valence-corrected chi connectivity index (χ2v) is 5.04. The van der Waals surface area contributed by atoms with Crippen LogP contribution in [0.15, 0.2) is 6.07 Å². The van der Waals surface area contributed by atoms with Crippen molar-refractivity contribution >= 4 is 5.82 Å². The Morgan fingerprint density at radius 1 is 1.22 bits per heavy atom. The van der Waals surface area contributed by atoms with E-state index >= 15 is 0 Å². The van der Waals surface area contributed by atoms with Crippen molar-refractivity contribution in [2.75, 3.05) is 19.0 Å². The van der Waals surface area contributed by atoms with E-state index in [0.717, 1.165) is 36.7 Å². The van der Waals surface area contributed by atoms with Gasteiger partial charge in [0.2, 0.25) is 0 Å². The lowest BCUT2D eigenvalue weighted by molar-refractivity contribution is 0.117. The first kappa shape index (κ1) is 14.9. The molecule has 0 fully saturated rings. The fraction of sp³-hybridized carbons (Fsp3) is 0.714. The topological polar surface area (TPSA) is 47.0 Å². The van der Waals surface area contributed by atoms with Crippen molar-refractivity contribution in [1.29, 1.82) is 0 Å². The summed E-state index contributed by atoms with van der Waals surface area (Å²) in [5, 5.41) is 3.26. The summed E-state index contributed by atoms with van der Waals surface area (Å²) in [5.74, 6) is 2.38. The molecule has 18 heavy (non-hydrogen) atoms. The normalized spacial score (nSPS) is 12.8. The van der Waals surface area contributed by atoms with E-state index in [1.54, 1.807) is 7.11 Å². The molecule has 1 atom stereocenters. The molecule has 4 nitrogen and oxygen atoms in total. The molecular weight excluding hydrogens is 226 g/mol. The summed E-state index contributed by atoms with van der Waals surface area (Å²) in [7, 11) is 1.72. The van der Waals surface area contributed by atoms with Crippen molar-refractivity contribution < 1.29 is 4.74 Å². The summed E-state index contributed by atoms with van der Waals surface area (Å²) in [4.78, 5) is 9.13. The Labute approximate surface area is 110 Å². The van der Waals surface area contributed by atoms with Gasteiger partial charge in [-0.15, -0.1) is 0 Å². The molecule has 0 saturated carbocycles. The third kappa shape index (κ3) is 5.00. The van der Waals surface area contributed by atoms with Gasteiger partial charge >= 0.3 is 0 Å². The first-order valence-electron chi connectivity index (χ1n) is 6.68. The molecule has 0 amide bonds. The average molecular weight is 251 g/mol. The van der Waals surface area contributed by atoms with E-state index in [4.69, 9.17) is 4.74 Å². The number of rotatable bonds is 7. The molecule has 1 heterocycles. The summed E-state index contributed by atoms with van der Waals surface area (Å²) in [6.45, 7) is 9.38. The molecule has 0 saturated heterocycles. The first-order chi connectivity index (χ1) is 8.55. The summed E-state index contributed by atoms with van der Waals surface area (Å²) in [5.41, 5.74) is 1.11. The van der Waals surface area contributed by atoms with Crippen LogP contribution in [0.4, 0.5) is 5.82 Å². The molecule has 0 radical (unpaired) electrons. The third-order valence-electron chi connectivity index (χ3n) is 2.67. The Morgan fingerprint density at radius 3 is 2.50 bits per heavy atom. The van der Waals surface area contributed by atoms with Gasteiger partial charge in [-0.3, -0.25) is 0 Å². The van der Waals surface area contributed by atoms with Crippen LogP contribution < -0.4 is 5.32 Å². The van der Waals surface area contributed by atoms with Crippen molar-refractivity contribution in [2.45, 2.75) is 46.6 Å². The smallest absolute Gasteiger partial charge is 0.133 e. The average Bonchev–Trinajstić information content (AvgIpc) is 2.28.